The maximum atomic E-state index is 5.36. The number of nitrogens with two attached hydrogens (primary N) is 1. The molecule has 0 aliphatic carbocycles. The number of rotatable bonds is 4. The van der Waals surface area contributed by atoms with Crippen LogP contribution >= 0.6 is 21.6 Å². The summed E-state index contributed by atoms with van der Waals surface area (Å²) in [7, 11) is 3.86. The van der Waals surface area contributed by atoms with Gasteiger partial charge in [0, 0.05) is 10.5 Å². The van der Waals surface area contributed by atoms with Crippen molar-refractivity contribution in [3.8, 4) is 0 Å². The first kappa shape index (κ1) is 10.7. The summed E-state index contributed by atoms with van der Waals surface area (Å²) in [6.45, 7) is 7.50. The van der Waals surface area contributed by atoms with Crippen molar-refractivity contribution in [2.75, 3.05) is 12.3 Å². The Morgan fingerprint density at radius 3 is 2.30 bits per heavy atom. The normalized spacial score (nSPS) is 12.0. The summed E-state index contributed by atoms with van der Waals surface area (Å²) in [6.07, 6.45) is 1.13. The fourth-order valence-electron chi connectivity index (χ4n) is 0.361. The lowest BCUT2D eigenvalue weighted by molar-refractivity contribution is 0.810. The Hall–Kier alpha value is 0.660. The summed E-state index contributed by atoms with van der Waals surface area (Å²) in [4.78, 5) is 0. The average molecular weight is 179 g/mol. The van der Waals surface area contributed by atoms with E-state index in [4.69, 9.17) is 5.73 Å². The topological polar surface area (TPSA) is 26.0 Å². The molecule has 0 unspecified atom stereocenters. The minimum absolute atomic E-state index is 0.388. The van der Waals surface area contributed by atoms with Crippen molar-refractivity contribution in [2.24, 2.45) is 5.73 Å². The predicted octanol–water partition coefficient (Wildman–Crippen LogP) is 2.52. The summed E-state index contributed by atoms with van der Waals surface area (Å²) >= 11 is 0. The first-order valence-electron chi connectivity index (χ1n) is 3.57. The molecule has 62 valence electrons. The lowest BCUT2D eigenvalue weighted by Crippen LogP contribution is -2.05. The lowest BCUT2D eigenvalue weighted by atomic mass is 10.3. The van der Waals surface area contributed by atoms with Gasteiger partial charge in [-0.25, -0.2) is 0 Å². The van der Waals surface area contributed by atoms with Crippen molar-refractivity contribution in [2.45, 2.75) is 31.9 Å². The van der Waals surface area contributed by atoms with E-state index in [2.05, 4.69) is 20.8 Å². The second-order valence-electron chi connectivity index (χ2n) is 3.16. The van der Waals surface area contributed by atoms with Crippen LogP contribution in [0.15, 0.2) is 0 Å². The van der Waals surface area contributed by atoms with E-state index >= 15 is 0 Å². The molecule has 0 saturated carbocycles. The molecule has 0 radical (unpaired) electrons. The third kappa shape index (κ3) is 8.66. The summed E-state index contributed by atoms with van der Waals surface area (Å²) in [5, 5.41) is 0. The molecule has 0 saturated heterocycles. The van der Waals surface area contributed by atoms with Crippen molar-refractivity contribution in [1.82, 2.24) is 0 Å². The first-order chi connectivity index (χ1) is 4.56. The van der Waals surface area contributed by atoms with E-state index in [-0.39, 0.29) is 0 Å². The third-order valence-electron chi connectivity index (χ3n) is 0.741. The van der Waals surface area contributed by atoms with Gasteiger partial charge in [-0.2, -0.15) is 0 Å². The van der Waals surface area contributed by atoms with Crippen LogP contribution in [0.4, 0.5) is 0 Å². The van der Waals surface area contributed by atoms with E-state index in [1.54, 1.807) is 0 Å². The lowest BCUT2D eigenvalue weighted by Gasteiger charge is -2.15. The molecule has 0 fully saturated rings. The molecule has 0 rings (SSSR count). The summed E-state index contributed by atoms with van der Waals surface area (Å²) in [5.41, 5.74) is 5.36. The molecule has 2 N–H and O–H groups in total. The standard InChI is InChI=1S/C7H17NS2/c1-7(2,3)10-9-6-4-5-8/h4-6,8H2,1-3H3. The Labute approximate surface area is 71.9 Å². The summed E-state index contributed by atoms with van der Waals surface area (Å²) in [5.74, 6) is 1.18. The molecule has 3 heteroatoms. The molecule has 0 spiro atoms. The van der Waals surface area contributed by atoms with Crippen molar-refractivity contribution < 1.29 is 0 Å². The van der Waals surface area contributed by atoms with E-state index in [0.717, 1.165) is 13.0 Å². The van der Waals surface area contributed by atoms with Gasteiger partial charge < -0.3 is 5.73 Å². The van der Waals surface area contributed by atoms with Crippen LogP contribution in [-0.4, -0.2) is 17.0 Å². The summed E-state index contributed by atoms with van der Waals surface area (Å²) in [6, 6.07) is 0. The first-order valence-corrected chi connectivity index (χ1v) is 5.89. The van der Waals surface area contributed by atoms with Gasteiger partial charge in [-0.1, -0.05) is 42.4 Å². The second-order valence-corrected chi connectivity index (χ2v) is 6.40. The molecule has 0 aromatic rings. The molecule has 0 aromatic carbocycles. The van der Waals surface area contributed by atoms with Gasteiger partial charge in [-0.3, -0.25) is 0 Å². The van der Waals surface area contributed by atoms with Crippen molar-refractivity contribution >= 4 is 21.6 Å². The summed E-state index contributed by atoms with van der Waals surface area (Å²) < 4.78 is 0.388. The largest absolute Gasteiger partial charge is 0.330 e. The monoisotopic (exact) mass is 179 g/mol. The molecule has 0 bridgehead atoms. The van der Waals surface area contributed by atoms with Crippen LogP contribution in [0.2, 0.25) is 0 Å². The van der Waals surface area contributed by atoms with Crippen LogP contribution in [0.3, 0.4) is 0 Å². The van der Waals surface area contributed by atoms with E-state index in [1.807, 2.05) is 21.6 Å². The highest BCUT2D eigenvalue weighted by Crippen LogP contribution is 2.34. The zero-order valence-electron chi connectivity index (χ0n) is 7.02. The van der Waals surface area contributed by atoms with Gasteiger partial charge in [0.2, 0.25) is 0 Å². The molecule has 0 aliphatic heterocycles. The Morgan fingerprint density at radius 2 is 1.90 bits per heavy atom. The third-order valence-corrected chi connectivity index (χ3v) is 4.17. The Morgan fingerprint density at radius 1 is 1.30 bits per heavy atom. The fourth-order valence-corrected chi connectivity index (χ4v) is 2.75. The minimum atomic E-state index is 0.388. The molecular formula is C7H17NS2. The van der Waals surface area contributed by atoms with Crippen molar-refractivity contribution in [3.05, 3.63) is 0 Å². The zero-order valence-corrected chi connectivity index (χ0v) is 8.65. The van der Waals surface area contributed by atoms with Gasteiger partial charge in [0.05, 0.1) is 0 Å². The highest BCUT2D eigenvalue weighted by atomic mass is 33.1. The maximum Gasteiger partial charge on any atom is 0.0179 e. The van der Waals surface area contributed by atoms with Gasteiger partial charge in [0.1, 0.15) is 0 Å². The van der Waals surface area contributed by atoms with Crippen molar-refractivity contribution in [1.29, 1.82) is 0 Å². The van der Waals surface area contributed by atoms with E-state index in [9.17, 15) is 0 Å². The second kappa shape index (κ2) is 5.33. The quantitative estimate of drug-likeness (QED) is 0.530. The van der Waals surface area contributed by atoms with Gasteiger partial charge in [0.15, 0.2) is 0 Å². The average Bonchev–Trinajstić information content (AvgIpc) is 1.78. The molecule has 10 heavy (non-hydrogen) atoms. The number of hydrogen-bond acceptors (Lipinski definition) is 3. The highest BCUT2D eigenvalue weighted by Gasteiger charge is 2.09. The van der Waals surface area contributed by atoms with E-state index in [0.29, 0.717) is 4.75 Å². The smallest absolute Gasteiger partial charge is 0.0179 e. The Bertz CT molecular complexity index is 78.2. The molecule has 0 aliphatic rings. The van der Waals surface area contributed by atoms with Crippen LogP contribution in [0, 0.1) is 0 Å². The molecule has 1 nitrogen and oxygen atoms in total. The van der Waals surface area contributed by atoms with Gasteiger partial charge in [0.25, 0.3) is 0 Å². The zero-order chi connectivity index (χ0) is 8.04. The maximum absolute atomic E-state index is 5.36. The Kier molecular flexibility index (Phi) is 5.68. The van der Waals surface area contributed by atoms with Gasteiger partial charge >= 0.3 is 0 Å². The number of hydrogen-bond donors (Lipinski definition) is 1. The SMILES string of the molecule is CC(C)(C)SSCCCN. The molecule has 0 atom stereocenters. The van der Waals surface area contributed by atoms with Crippen LogP contribution in [0.1, 0.15) is 27.2 Å². The van der Waals surface area contributed by atoms with Crippen LogP contribution in [0.25, 0.3) is 0 Å². The van der Waals surface area contributed by atoms with Crippen LogP contribution in [-0.2, 0) is 0 Å². The van der Waals surface area contributed by atoms with Crippen molar-refractivity contribution in [3.63, 3.8) is 0 Å². The van der Waals surface area contributed by atoms with Crippen LogP contribution in [0.5, 0.6) is 0 Å². The highest BCUT2D eigenvalue weighted by molar-refractivity contribution is 8.77. The molecule has 0 amide bonds. The van der Waals surface area contributed by atoms with E-state index < -0.39 is 0 Å². The minimum Gasteiger partial charge on any atom is -0.330 e. The van der Waals surface area contributed by atoms with E-state index in [1.165, 1.54) is 5.75 Å². The predicted molar refractivity (Wildman–Crippen MR) is 53.5 cm³/mol. The van der Waals surface area contributed by atoms with Crippen LogP contribution < -0.4 is 5.73 Å². The molecule has 0 heterocycles. The van der Waals surface area contributed by atoms with Gasteiger partial charge in [-0.15, -0.1) is 0 Å². The molecule has 0 aromatic heterocycles. The molecular weight excluding hydrogens is 162 g/mol. The fraction of sp³-hybridized carbons (Fsp3) is 1.00. The Balaban J connectivity index is 3.04. The van der Waals surface area contributed by atoms with Gasteiger partial charge in [-0.05, 0) is 13.0 Å².